The number of rotatable bonds is 10. The maximum atomic E-state index is 13.0. The number of aryl methyl sites for hydroxylation is 2. The van der Waals surface area contributed by atoms with Gasteiger partial charge in [0.25, 0.3) is 5.91 Å². The highest BCUT2D eigenvalue weighted by atomic mass is 16.5. The van der Waals surface area contributed by atoms with Gasteiger partial charge in [0.05, 0.1) is 0 Å². The molecular weight excluding hydrogens is 364 g/mol. The first kappa shape index (κ1) is 22.5. The lowest BCUT2D eigenvalue weighted by molar-refractivity contribution is -0.142. The van der Waals surface area contributed by atoms with Crippen molar-refractivity contribution in [2.24, 2.45) is 0 Å². The number of nitrogens with one attached hydrogen (secondary N) is 1. The number of carbonyl (C=O) groups is 2. The molecule has 2 aromatic carbocycles. The van der Waals surface area contributed by atoms with Gasteiger partial charge in [0.15, 0.2) is 6.61 Å². The molecule has 0 aliphatic heterocycles. The molecule has 0 spiro atoms. The molecule has 0 heterocycles. The first-order valence-corrected chi connectivity index (χ1v) is 10.2. The largest absolute Gasteiger partial charge is 0.483 e. The molecule has 0 aromatic heterocycles. The Morgan fingerprint density at radius 2 is 1.83 bits per heavy atom. The first-order chi connectivity index (χ1) is 13.9. The van der Waals surface area contributed by atoms with Gasteiger partial charge in [0.1, 0.15) is 11.8 Å². The topological polar surface area (TPSA) is 58.6 Å². The van der Waals surface area contributed by atoms with Gasteiger partial charge in [-0.3, -0.25) is 9.59 Å². The van der Waals surface area contributed by atoms with Crippen molar-refractivity contribution in [1.82, 2.24) is 10.2 Å². The summed E-state index contributed by atoms with van der Waals surface area (Å²) in [5.74, 6) is 0.334. The quantitative estimate of drug-likeness (QED) is 0.617. The van der Waals surface area contributed by atoms with E-state index in [4.69, 9.17) is 4.74 Å². The van der Waals surface area contributed by atoms with Crippen LogP contribution in [0.1, 0.15) is 43.4 Å². The lowest BCUT2D eigenvalue weighted by atomic mass is 10.1. The molecular formula is C24H32N2O3. The summed E-state index contributed by atoms with van der Waals surface area (Å²) in [6.45, 7) is 8.64. The fourth-order valence-electron chi connectivity index (χ4n) is 2.98. The van der Waals surface area contributed by atoms with Crippen LogP contribution in [0, 0.1) is 13.8 Å². The lowest BCUT2D eigenvalue weighted by Gasteiger charge is -2.29. The number of nitrogens with zero attached hydrogens (tertiary/aromatic N) is 1. The third kappa shape index (κ3) is 6.93. The van der Waals surface area contributed by atoms with Gasteiger partial charge in [0, 0.05) is 13.1 Å². The standard InChI is InChI=1S/C24H32N2O3/c1-5-6-14-25-24(28)20(4)26(16-21-10-8-7-9-11-21)23(27)17-29-22-15-18(2)12-13-19(22)3/h7-13,15,20H,5-6,14,16-17H2,1-4H3,(H,25,28)/t20-/m0/s1. The molecule has 0 fully saturated rings. The highest BCUT2D eigenvalue weighted by Gasteiger charge is 2.26. The van der Waals surface area contributed by atoms with E-state index < -0.39 is 6.04 Å². The van der Waals surface area contributed by atoms with E-state index in [2.05, 4.69) is 12.2 Å². The number of amides is 2. The van der Waals surface area contributed by atoms with Crippen LogP contribution in [0.2, 0.25) is 0 Å². The molecule has 0 saturated carbocycles. The van der Waals surface area contributed by atoms with Crippen LogP contribution in [0.5, 0.6) is 5.75 Å². The van der Waals surface area contributed by atoms with Gasteiger partial charge in [0.2, 0.25) is 5.91 Å². The molecule has 1 atom stereocenters. The third-order valence-corrected chi connectivity index (χ3v) is 4.89. The number of hydrogen-bond donors (Lipinski definition) is 1. The zero-order chi connectivity index (χ0) is 21.2. The van der Waals surface area contributed by atoms with Gasteiger partial charge >= 0.3 is 0 Å². The minimum atomic E-state index is -0.582. The summed E-state index contributed by atoms with van der Waals surface area (Å²) in [6, 6.07) is 15.0. The van der Waals surface area contributed by atoms with Crippen LogP contribution in [0.3, 0.4) is 0 Å². The molecule has 29 heavy (non-hydrogen) atoms. The van der Waals surface area contributed by atoms with E-state index in [0.29, 0.717) is 18.8 Å². The Balaban J connectivity index is 2.11. The molecule has 156 valence electrons. The molecule has 0 aliphatic carbocycles. The summed E-state index contributed by atoms with van der Waals surface area (Å²) in [7, 11) is 0. The van der Waals surface area contributed by atoms with E-state index in [1.54, 1.807) is 11.8 Å². The molecule has 0 unspecified atom stereocenters. The van der Waals surface area contributed by atoms with Crippen molar-refractivity contribution >= 4 is 11.8 Å². The molecule has 0 saturated heterocycles. The van der Waals surface area contributed by atoms with Crippen LogP contribution in [0.4, 0.5) is 0 Å². The Labute approximate surface area is 174 Å². The van der Waals surface area contributed by atoms with Gasteiger partial charge in [-0.1, -0.05) is 55.8 Å². The Morgan fingerprint density at radius 1 is 1.10 bits per heavy atom. The monoisotopic (exact) mass is 396 g/mol. The molecule has 5 heteroatoms. The van der Waals surface area contributed by atoms with Crippen LogP contribution in [-0.2, 0) is 16.1 Å². The second-order valence-electron chi connectivity index (χ2n) is 7.39. The number of hydrogen-bond acceptors (Lipinski definition) is 3. The van der Waals surface area contributed by atoms with Crippen molar-refractivity contribution in [1.29, 1.82) is 0 Å². The Bertz CT molecular complexity index is 805. The molecule has 0 radical (unpaired) electrons. The van der Waals surface area contributed by atoms with Crippen molar-refractivity contribution in [3.8, 4) is 5.75 Å². The van der Waals surface area contributed by atoms with Crippen LogP contribution in [0.15, 0.2) is 48.5 Å². The number of ether oxygens (including phenoxy) is 1. The van der Waals surface area contributed by atoms with E-state index in [-0.39, 0.29) is 18.4 Å². The van der Waals surface area contributed by atoms with Crippen molar-refractivity contribution in [2.75, 3.05) is 13.2 Å². The van der Waals surface area contributed by atoms with Crippen molar-refractivity contribution in [3.63, 3.8) is 0 Å². The van der Waals surface area contributed by atoms with Gasteiger partial charge < -0.3 is 15.0 Å². The number of unbranched alkanes of at least 4 members (excludes halogenated alkanes) is 1. The minimum absolute atomic E-state index is 0.107. The second-order valence-corrected chi connectivity index (χ2v) is 7.39. The first-order valence-electron chi connectivity index (χ1n) is 10.2. The normalized spacial score (nSPS) is 11.6. The van der Waals surface area contributed by atoms with Crippen LogP contribution >= 0.6 is 0 Å². The predicted molar refractivity (Wildman–Crippen MR) is 116 cm³/mol. The van der Waals surface area contributed by atoms with Crippen LogP contribution in [0.25, 0.3) is 0 Å². The second kappa shape index (κ2) is 11.2. The Morgan fingerprint density at radius 3 is 2.52 bits per heavy atom. The zero-order valence-corrected chi connectivity index (χ0v) is 17.9. The van der Waals surface area contributed by atoms with E-state index >= 15 is 0 Å². The van der Waals surface area contributed by atoms with Gasteiger partial charge in [-0.2, -0.15) is 0 Å². The molecule has 0 bridgehead atoms. The summed E-state index contributed by atoms with van der Waals surface area (Å²) in [4.78, 5) is 27.2. The number of carbonyl (C=O) groups excluding carboxylic acids is 2. The summed E-state index contributed by atoms with van der Waals surface area (Å²) in [5.41, 5.74) is 3.02. The Hall–Kier alpha value is -2.82. The van der Waals surface area contributed by atoms with Crippen LogP contribution < -0.4 is 10.1 Å². The third-order valence-electron chi connectivity index (χ3n) is 4.89. The average Bonchev–Trinajstić information content (AvgIpc) is 2.72. The molecule has 2 aromatic rings. The molecule has 1 N–H and O–H groups in total. The highest BCUT2D eigenvalue weighted by molar-refractivity contribution is 5.87. The van der Waals surface area contributed by atoms with E-state index in [1.165, 1.54) is 0 Å². The smallest absolute Gasteiger partial charge is 0.261 e. The van der Waals surface area contributed by atoms with Crippen LogP contribution in [-0.4, -0.2) is 35.9 Å². The molecule has 2 rings (SSSR count). The van der Waals surface area contributed by atoms with Gasteiger partial charge in [-0.25, -0.2) is 0 Å². The average molecular weight is 397 g/mol. The van der Waals surface area contributed by atoms with E-state index in [1.807, 2.05) is 62.4 Å². The fraction of sp³-hybridized carbons (Fsp3) is 0.417. The predicted octanol–water partition coefficient (Wildman–Crippen LogP) is 4.02. The zero-order valence-electron chi connectivity index (χ0n) is 17.9. The van der Waals surface area contributed by atoms with E-state index in [9.17, 15) is 9.59 Å². The highest BCUT2D eigenvalue weighted by Crippen LogP contribution is 2.19. The summed E-state index contributed by atoms with van der Waals surface area (Å²) >= 11 is 0. The lowest BCUT2D eigenvalue weighted by Crippen LogP contribution is -2.49. The van der Waals surface area contributed by atoms with E-state index in [0.717, 1.165) is 29.5 Å². The molecule has 0 aliphatic rings. The number of benzene rings is 2. The summed E-state index contributed by atoms with van der Waals surface area (Å²) < 4.78 is 5.80. The molecule has 5 nitrogen and oxygen atoms in total. The maximum absolute atomic E-state index is 13.0. The molecule has 2 amide bonds. The SMILES string of the molecule is CCCCNC(=O)[C@H](C)N(Cc1ccccc1)C(=O)COc1cc(C)ccc1C. The van der Waals surface area contributed by atoms with Gasteiger partial charge in [-0.05, 0) is 49.9 Å². The van der Waals surface area contributed by atoms with Crippen molar-refractivity contribution in [3.05, 3.63) is 65.2 Å². The minimum Gasteiger partial charge on any atom is -0.483 e. The van der Waals surface area contributed by atoms with Gasteiger partial charge in [-0.15, -0.1) is 0 Å². The Kier molecular flexibility index (Phi) is 8.71. The van der Waals surface area contributed by atoms with Crippen molar-refractivity contribution < 1.29 is 14.3 Å². The fourth-order valence-corrected chi connectivity index (χ4v) is 2.98. The maximum Gasteiger partial charge on any atom is 0.261 e. The van der Waals surface area contributed by atoms with Crippen molar-refractivity contribution in [2.45, 2.75) is 53.1 Å². The summed E-state index contributed by atoms with van der Waals surface area (Å²) in [6.07, 6.45) is 1.92. The summed E-state index contributed by atoms with van der Waals surface area (Å²) in [5, 5.41) is 2.92.